The SMILES string of the molecule is O=C(Nc1ccc(F)c2c1ccn2CC1CC1)c1ccc(NS(=O)(=O)CCO)cc1N1CCC2(CC1)CC2. The van der Waals surface area contributed by atoms with Crippen LogP contribution in [0.3, 0.4) is 0 Å². The van der Waals surface area contributed by atoms with E-state index in [0.29, 0.717) is 44.9 Å². The summed E-state index contributed by atoms with van der Waals surface area (Å²) >= 11 is 0. The summed E-state index contributed by atoms with van der Waals surface area (Å²) in [6, 6.07) is 9.71. The molecule has 2 aromatic carbocycles. The smallest absolute Gasteiger partial charge is 0.257 e. The van der Waals surface area contributed by atoms with Gasteiger partial charge in [-0.3, -0.25) is 9.52 Å². The van der Waals surface area contributed by atoms with Gasteiger partial charge in [-0.2, -0.15) is 0 Å². The van der Waals surface area contributed by atoms with Gasteiger partial charge in [-0.25, -0.2) is 12.8 Å². The number of fused-ring (bicyclic) bond motifs is 1. The Morgan fingerprint density at radius 2 is 1.84 bits per heavy atom. The maximum atomic E-state index is 14.8. The van der Waals surface area contributed by atoms with Gasteiger partial charge in [0.2, 0.25) is 10.0 Å². The number of aliphatic hydroxyl groups is 1. The van der Waals surface area contributed by atoms with Gasteiger partial charge in [-0.1, -0.05) is 0 Å². The molecule has 6 rings (SSSR count). The average Bonchev–Trinajstić information content (AvgIpc) is 3.80. The van der Waals surface area contributed by atoms with Crippen LogP contribution in [0.15, 0.2) is 42.6 Å². The third-order valence-electron chi connectivity index (χ3n) is 8.27. The molecule has 3 aromatic rings. The number of rotatable bonds is 9. The fourth-order valence-electron chi connectivity index (χ4n) is 5.61. The van der Waals surface area contributed by atoms with Gasteiger partial charge in [0.1, 0.15) is 5.82 Å². The molecular formula is C28H33FN4O4S. The molecule has 1 saturated heterocycles. The normalized spacial score (nSPS) is 18.6. The Bertz CT molecular complexity index is 1480. The van der Waals surface area contributed by atoms with Crippen molar-refractivity contribution in [3.63, 3.8) is 0 Å². The van der Waals surface area contributed by atoms with Crippen LogP contribution in [0.2, 0.25) is 0 Å². The van der Waals surface area contributed by atoms with Crippen LogP contribution in [0, 0.1) is 17.2 Å². The minimum atomic E-state index is -3.71. The van der Waals surface area contributed by atoms with Gasteiger partial charge in [-0.15, -0.1) is 0 Å². The van der Waals surface area contributed by atoms with Crippen LogP contribution in [0.25, 0.3) is 10.9 Å². The Morgan fingerprint density at radius 1 is 1.08 bits per heavy atom. The molecule has 2 saturated carbocycles. The fraction of sp³-hybridized carbons (Fsp3) is 0.464. The molecule has 0 atom stereocenters. The molecule has 202 valence electrons. The summed E-state index contributed by atoms with van der Waals surface area (Å²) in [5.41, 5.74) is 2.90. The van der Waals surface area contributed by atoms with E-state index in [0.717, 1.165) is 45.3 Å². The lowest BCUT2D eigenvalue weighted by atomic mass is 9.93. The van der Waals surface area contributed by atoms with E-state index < -0.39 is 22.4 Å². The molecule has 38 heavy (non-hydrogen) atoms. The number of nitrogens with one attached hydrogen (secondary N) is 2. The summed E-state index contributed by atoms with van der Waals surface area (Å²) in [6.45, 7) is 1.87. The van der Waals surface area contributed by atoms with Crippen LogP contribution in [-0.4, -0.2) is 49.4 Å². The van der Waals surface area contributed by atoms with Gasteiger partial charge in [0.25, 0.3) is 5.91 Å². The van der Waals surface area contributed by atoms with E-state index in [1.807, 2.05) is 16.8 Å². The molecule has 1 amide bonds. The Kier molecular flexibility index (Phi) is 6.34. The van der Waals surface area contributed by atoms with Crippen LogP contribution >= 0.6 is 0 Å². The first kappa shape index (κ1) is 25.2. The first-order chi connectivity index (χ1) is 18.3. The van der Waals surface area contributed by atoms with Crippen LogP contribution in [0.1, 0.15) is 48.9 Å². The number of amides is 1. The maximum absolute atomic E-state index is 14.8. The first-order valence-electron chi connectivity index (χ1n) is 13.3. The third-order valence-corrected chi connectivity index (χ3v) is 9.54. The second-order valence-corrected chi connectivity index (χ2v) is 12.9. The van der Waals surface area contributed by atoms with Crippen LogP contribution < -0.4 is 14.9 Å². The fourth-order valence-corrected chi connectivity index (χ4v) is 6.44. The topological polar surface area (TPSA) is 104 Å². The molecule has 2 aliphatic carbocycles. The largest absolute Gasteiger partial charge is 0.395 e. The number of carbonyl (C=O) groups is 1. The second kappa shape index (κ2) is 9.57. The molecule has 8 nitrogen and oxygen atoms in total. The molecule has 1 spiro atoms. The van der Waals surface area contributed by atoms with Crippen molar-refractivity contribution >= 4 is 43.9 Å². The lowest BCUT2D eigenvalue weighted by Crippen LogP contribution is -2.35. The zero-order valence-corrected chi connectivity index (χ0v) is 22.1. The summed E-state index contributed by atoms with van der Waals surface area (Å²) in [4.78, 5) is 15.8. The molecule has 0 unspecified atom stereocenters. The van der Waals surface area contributed by atoms with Crippen molar-refractivity contribution in [3.8, 4) is 0 Å². The van der Waals surface area contributed by atoms with Gasteiger partial charge >= 0.3 is 0 Å². The molecule has 0 radical (unpaired) electrons. The van der Waals surface area contributed by atoms with Gasteiger partial charge in [0.05, 0.1) is 40.5 Å². The summed E-state index contributed by atoms with van der Waals surface area (Å²) in [5.74, 6) is -0.471. The van der Waals surface area contributed by atoms with E-state index in [9.17, 15) is 17.6 Å². The number of benzene rings is 2. The highest BCUT2D eigenvalue weighted by atomic mass is 32.2. The zero-order chi connectivity index (χ0) is 26.5. The second-order valence-electron chi connectivity index (χ2n) is 11.1. The average molecular weight is 541 g/mol. The van der Waals surface area contributed by atoms with Crippen molar-refractivity contribution < 1.29 is 22.7 Å². The molecule has 1 aromatic heterocycles. The van der Waals surface area contributed by atoms with Crippen LogP contribution in [0.4, 0.5) is 21.5 Å². The van der Waals surface area contributed by atoms with Gasteiger partial charge < -0.3 is 19.9 Å². The number of aliphatic hydroxyl groups excluding tert-OH is 1. The minimum Gasteiger partial charge on any atom is -0.395 e. The van der Waals surface area contributed by atoms with Crippen molar-refractivity contribution in [2.45, 2.75) is 45.1 Å². The van der Waals surface area contributed by atoms with Crippen molar-refractivity contribution in [2.24, 2.45) is 11.3 Å². The molecule has 3 aliphatic rings. The van der Waals surface area contributed by atoms with E-state index >= 15 is 0 Å². The summed E-state index contributed by atoms with van der Waals surface area (Å²) in [6.07, 6.45) is 8.77. The number of carbonyl (C=O) groups excluding carboxylic acids is 1. The molecule has 10 heteroatoms. The van der Waals surface area contributed by atoms with E-state index in [2.05, 4.69) is 14.9 Å². The van der Waals surface area contributed by atoms with E-state index in [-0.39, 0.29) is 11.7 Å². The number of anilines is 3. The Morgan fingerprint density at radius 3 is 2.53 bits per heavy atom. The Hall–Kier alpha value is -3.11. The Labute approximate surface area is 221 Å². The predicted octanol–water partition coefficient (Wildman–Crippen LogP) is 4.56. The quantitative estimate of drug-likeness (QED) is 0.369. The number of sulfonamides is 1. The molecule has 2 heterocycles. The molecule has 3 N–H and O–H groups in total. The standard InChI is InChI=1S/C28H33FN4O4S/c29-23-5-6-24(21-7-12-33(26(21)23)18-19-1-2-19)30-27(35)22-4-3-20(31-38(36,37)16-15-34)17-25(22)32-13-10-28(8-9-28)11-14-32/h3-7,12,17,19,31,34H,1-2,8-11,13-16,18H2,(H,30,35). The predicted molar refractivity (Wildman–Crippen MR) is 147 cm³/mol. The van der Waals surface area contributed by atoms with Gasteiger partial charge in [-0.05, 0) is 86.3 Å². The van der Waals surface area contributed by atoms with Crippen molar-refractivity contribution in [2.75, 3.05) is 40.4 Å². The summed E-state index contributed by atoms with van der Waals surface area (Å²) in [5, 5.41) is 12.7. The van der Waals surface area contributed by atoms with Gasteiger partial charge in [0.15, 0.2) is 0 Å². The van der Waals surface area contributed by atoms with Gasteiger partial charge in [0, 0.05) is 31.2 Å². The highest BCUT2D eigenvalue weighted by molar-refractivity contribution is 7.92. The number of halogens is 1. The molecule has 1 aliphatic heterocycles. The lowest BCUT2D eigenvalue weighted by molar-refractivity contribution is 0.102. The number of nitrogens with zero attached hydrogens (tertiary/aromatic N) is 2. The number of piperidine rings is 1. The van der Waals surface area contributed by atoms with Crippen LogP contribution in [0.5, 0.6) is 0 Å². The Balaban J connectivity index is 1.30. The highest BCUT2D eigenvalue weighted by Crippen LogP contribution is 2.54. The lowest BCUT2D eigenvalue weighted by Gasteiger charge is -2.35. The maximum Gasteiger partial charge on any atom is 0.257 e. The summed E-state index contributed by atoms with van der Waals surface area (Å²) < 4.78 is 43.8. The van der Waals surface area contributed by atoms with Crippen molar-refractivity contribution in [1.82, 2.24) is 4.57 Å². The monoisotopic (exact) mass is 540 g/mol. The number of aromatic nitrogens is 1. The molecule has 0 bridgehead atoms. The molecular weight excluding hydrogens is 507 g/mol. The van der Waals surface area contributed by atoms with E-state index in [4.69, 9.17) is 5.11 Å². The zero-order valence-electron chi connectivity index (χ0n) is 21.2. The molecule has 3 fully saturated rings. The number of hydrogen-bond acceptors (Lipinski definition) is 5. The number of hydrogen-bond donors (Lipinski definition) is 3. The van der Waals surface area contributed by atoms with Crippen molar-refractivity contribution in [1.29, 1.82) is 0 Å². The van der Waals surface area contributed by atoms with E-state index in [1.54, 1.807) is 24.3 Å². The van der Waals surface area contributed by atoms with Crippen molar-refractivity contribution in [3.05, 3.63) is 54.0 Å². The summed E-state index contributed by atoms with van der Waals surface area (Å²) in [7, 11) is -3.71. The third kappa shape index (κ3) is 5.11. The van der Waals surface area contributed by atoms with Crippen LogP contribution in [-0.2, 0) is 16.6 Å². The first-order valence-corrected chi connectivity index (χ1v) is 15.0. The van der Waals surface area contributed by atoms with E-state index in [1.165, 1.54) is 18.9 Å². The minimum absolute atomic E-state index is 0.314. The highest BCUT2D eigenvalue weighted by Gasteiger charge is 2.44.